The van der Waals surface area contributed by atoms with Gasteiger partial charge in [0.1, 0.15) is 0 Å². The van der Waals surface area contributed by atoms with Gasteiger partial charge in [0.05, 0.1) is 19.8 Å². The average Bonchev–Trinajstić information content (AvgIpc) is 2.26. The smallest absolute Gasteiger partial charge is 0.344 e. The summed E-state index contributed by atoms with van der Waals surface area (Å²) in [6.45, 7) is 5.69. The van der Waals surface area contributed by atoms with Crippen LogP contribution in [0.1, 0.15) is 27.2 Å². The van der Waals surface area contributed by atoms with Crippen molar-refractivity contribution in [3.63, 3.8) is 0 Å². The molecule has 0 bridgehead atoms. The standard InChI is InChI=1S/C10H20ClO5P/c1-4-14-10(12)9(7-8-11)17(13,15-5-2)16-6-3/h9H,4-8H2,1-3H3. The third-order valence-electron chi connectivity index (χ3n) is 1.94. The highest BCUT2D eigenvalue weighted by Gasteiger charge is 2.41. The third-order valence-corrected chi connectivity index (χ3v) is 4.63. The number of esters is 1. The van der Waals surface area contributed by atoms with Crippen molar-refractivity contribution in [1.29, 1.82) is 0 Å². The minimum absolute atomic E-state index is 0.188. The first-order chi connectivity index (χ1) is 8.05. The van der Waals surface area contributed by atoms with Crippen molar-refractivity contribution in [2.45, 2.75) is 32.9 Å². The highest BCUT2D eigenvalue weighted by molar-refractivity contribution is 7.55. The molecular weight excluding hydrogens is 267 g/mol. The maximum absolute atomic E-state index is 12.4. The normalized spacial score (nSPS) is 13.4. The number of carbonyl (C=O) groups is 1. The lowest BCUT2D eigenvalue weighted by atomic mass is 10.3. The van der Waals surface area contributed by atoms with Crippen LogP contribution in [-0.4, -0.2) is 37.3 Å². The van der Waals surface area contributed by atoms with Crippen LogP contribution in [0.2, 0.25) is 0 Å². The van der Waals surface area contributed by atoms with Crippen LogP contribution in [0.15, 0.2) is 0 Å². The second-order valence-electron chi connectivity index (χ2n) is 3.12. The molecule has 0 aliphatic rings. The zero-order valence-electron chi connectivity index (χ0n) is 10.5. The molecule has 7 heteroatoms. The number of carbonyl (C=O) groups excluding carboxylic acids is 1. The second-order valence-corrected chi connectivity index (χ2v) is 5.72. The van der Waals surface area contributed by atoms with Gasteiger partial charge in [-0.3, -0.25) is 9.36 Å². The molecule has 0 aliphatic carbocycles. The predicted molar refractivity (Wildman–Crippen MR) is 66.6 cm³/mol. The SMILES string of the molecule is CCOC(=O)C(CCCl)P(=O)(OCC)OCC. The van der Waals surface area contributed by atoms with E-state index >= 15 is 0 Å². The van der Waals surface area contributed by atoms with Crippen LogP contribution in [0.4, 0.5) is 0 Å². The molecule has 17 heavy (non-hydrogen) atoms. The number of rotatable bonds is 9. The Morgan fingerprint density at radius 3 is 2.06 bits per heavy atom. The molecule has 1 unspecified atom stereocenters. The molecule has 0 heterocycles. The van der Waals surface area contributed by atoms with Crippen LogP contribution in [0.25, 0.3) is 0 Å². The number of hydrogen-bond donors (Lipinski definition) is 0. The van der Waals surface area contributed by atoms with Crippen molar-refractivity contribution in [3.8, 4) is 0 Å². The fourth-order valence-corrected chi connectivity index (χ4v) is 3.63. The number of ether oxygens (including phenoxy) is 1. The van der Waals surface area contributed by atoms with Gasteiger partial charge in [0, 0.05) is 5.88 Å². The van der Waals surface area contributed by atoms with E-state index in [2.05, 4.69) is 0 Å². The van der Waals surface area contributed by atoms with Crippen molar-refractivity contribution < 1.29 is 23.1 Å². The van der Waals surface area contributed by atoms with E-state index in [1.807, 2.05) is 0 Å². The molecule has 0 aromatic carbocycles. The van der Waals surface area contributed by atoms with Gasteiger partial charge in [-0.15, -0.1) is 11.6 Å². The Morgan fingerprint density at radius 1 is 1.18 bits per heavy atom. The Hall–Kier alpha value is -0.0900. The summed E-state index contributed by atoms with van der Waals surface area (Å²) >= 11 is 5.61. The summed E-state index contributed by atoms with van der Waals surface area (Å²) in [5.41, 5.74) is -0.945. The summed E-state index contributed by atoms with van der Waals surface area (Å²) < 4.78 is 27.5. The largest absolute Gasteiger partial charge is 0.465 e. The van der Waals surface area contributed by atoms with Gasteiger partial charge in [0.25, 0.3) is 0 Å². The number of halogens is 1. The van der Waals surface area contributed by atoms with Crippen LogP contribution in [0.5, 0.6) is 0 Å². The summed E-state index contributed by atoms with van der Waals surface area (Å²) in [5.74, 6) is -0.397. The van der Waals surface area contributed by atoms with Gasteiger partial charge < -0.3 is 13.8 Å². The molecule has 0 spiro atoms. The van der Waals surface area contributed by atoms with Gasteiger partial charge >= 0.3 is 13.6 Å². The Kier molecular flexibility index (Phi) is 8.88. The summed E-state index contributed by atoms with van der Waals surface area (Å²) in [7, 11) is -3.49. The first-order valence-corrected chi connectivity index (χ1v) is 7.81. The Balaban J connectivity index is 4.94. The van der Waals surface area contributed by atoms with Gasteiger partial charge in [-0.05, 0) is 27.2 Å². The van der Waals surface area contributed by atoms with Crippen molar-refractivity contribution >= 4 is 25.2 Å². The summed E-state index contributed by atoms with van der Waals surface area (Å²) in [4.78, 5) is 11.7. The minimum atomic E-state index is -3.49. The van der Waals surface area contributed by atoms with Gasteiger partial charge in [0.2, 0.25) is 0 Å². The highest BCUT2D eigenvalue weighted by Crippen LogP contribution is 2.54. The van der Waals surface area contributed by atoms with E-state index in [0.29, 0.717) is 0 Å². The molecule has 0 aliphatic heterocycles. The van der Waals surface area contributed by atoms with E-state index < -0.39 is 19.2 Å². The van der Waals surface area contributed by atoms with Gasteiger partial charge in [0.15, 0.2) is 5.66 Å². The fourth-order valence-electron chi connectivity index (χ4n) is 1.32. The monoisotopic (exact) mass is 286 g/mol. The quantitative estimate of drug-likeness (QED) is 0.370. The topological polar surface area (TPSA) is 61.8 Å². The maximum Gasteiger partial charge on any atom is 0.344 e. The van der Waals surface area contributed by atoms with Crippen LogP contribution in [0, 0.1) is 0 Å². The molecule has 0 fully saturated rings. The Bertz CT molecular complexity index is 261. The number of hydrogen-bond acceptors (Lipinski definition) is 5. The van der Waals surface area contributed by atoms with Crippen LogP contribution >= 0.6 is 19.2 Å². The first kappa shape index (κ1) is 16.9. The molecule has 0 aromatic heterocycles. The van der Waals surface area contributed by atoms with Crippen molar-refractivity contribution in [2.75, 3.05) is 25.7 Å². The lowest BCUT2D eigenvalue weighted by molar-refractivity contribution is -0.143. The van der Waals surface area contributed by atoms with Gasteiger partial charge in [-0.25, -0.2) is 0 Å². The average molecular weight is 287 g/mol. The fraction of sp³-hybridized carbons (Fsp3) is 0.900. The Morgan fingerprint density at radius 2 is 1.71 bits per heavy atom. The lowest BCUT2D eigenvalue weighted by Crippen LogP contribution is -2.26. The molecule has 0 amide bonds. The molecule has 1 atom stereocenters. The van der Waals surface area contributed by atoms with Gasteiger partial charge in [-0.1, -0.05) is 0 Å². The molecular formula is C10H20ClO5P. The van der Waals surface area contributed by atoms with Crippen molar-refractivity contribution in [1.82, 2.24) is 0 Å². The second kappa shape index (κ2) is 8.92. The van der Waals surface area contributed by atoms with E-state index in [9.17, 15) is 9.36 Å². The molecule has 0 radical (unpaired) electrons. The summed E-state index contributed by atoms with van der Waals surface area (Å²) in [6, 6.07) is 0. The van der Waals surface area contributed by atoms with Crippen LogP contribution < -0.4 is 0 Å². The first-order valence-electron chi connectivity index (χ1n) is 5.67. The van der Waals surface area contributed by atoms with Gasteiger partial charge in [-0.2, -0.15) is 0 Å². The minimum Gasteiger partial charge on any atom is -0.465 e. The lowest BCUT2D eigenvalue weighted by Gasteiger charge is -2.24. The van der Waals surface area contributed by atoms with E-state index in [4.69, 9.17) is 25.4 Å². The zero-order valence-corrected chi connectivity index (χ0v) is 12.1. The van der Waals surface area contributed by atoms with E-state index in [-0.39, 0.29) is 32.1 Å². The third kappa shape index (κ3) is 5.38. The molecule has 0 saturated heterocycles. The van der Waals surface area contributed by atoms with Crippen molar-refractivity contribution in [3.05, 3.63) is 0 Å². The van der Waals surface area contributed by atoms with Crippen LogP contribution in [0.3, 0.4) is 0 Å². The zero-order chi connectivity index (χ0) is 13.3. The van der Waals surface area contributed by atoms with E-state index in [0.717, 1.165) is 0 Å². The van der Waals surface area contributed by atoms with Crippen molar-refractivity contribution in [2.24, 2.45) is 0 Å². The molecule has 0 aromatic rings. The molecule has 5 nitrogen and oxygen atoms in total. The molecule has 102 valence electrons. The molecule has 0 saturated carbocycles. The summed E-state index contributed by atoms with van der Waals surface area (Å²) in [5, 5.41) is 0. The Labute approximate surface area is 107 Å². The van der Waals surface area contributed by atoms with E-state index in [1.165, 1.54) is 0 Å². The molecule has 0 rings (SSSR count). The maximum atomic E-state index is 12.4. The summed E-state index contributed by atoms with van der Waals surface area (Å²) in [6.07, 6.45) is 0.206. The van der Waals surface area contributed by atoms with Crippen LogP contribution in [-0.2, 0) is 23.1 Å². The number of alkyl halides is 1. The highest BCUT2D eigenvalue weighted by atomic mass is 35.5. The predicted octanol–water partition coefficient (Wildman–Crippen LogP) is 2.81. The molecule has 0 N–H and O–H groups in total. The van der Waals surface area contributed by atoms with E-state index in [1.54, 1.807) is 20.8 Å².